The first-order valence-electron chi connectivity index (χ1n) is 6.75. The van der Waals surface area contributed by atoms with Crippen LogP contribution >= 0.6 is 0 Å². The average Bonchev–Trinajstić information content (AvgIpc) is 2.92. The summed E-state index contributed by atoms with van der Waals surface area (Å²) in [6, 6.07) is 9.55. The minimum atomic E-state index is -0.158. The fraction of sp³-hybridized carbons (Fsp3) is 0.500. The second kappa shape index (κ2) is 7.11. The van der Waals surface area contributed by atoms with Gasteiger partial charge >= 0.3 is 6.03 Å². The van der Waals surface area contributed by atoms with Crippen molar-refractivity contribution in [3.05, 3.63) is 30.3 Å². The molecule has 1 aliphatic heterocycles. The maximum Gasteiger partial charge on any atom is 0.321 e. The second-order valence-electron chi connectivity index (χ2n) is 4.76. The Kier molecular flexibility index (Phi) is 5.18. The Morgan fingerprint density at radius 2 is 2.21 bits per heavy atom. The molecule has 0 spiro atoms. The van der Waals surface area contributed by atoms with Crippen LogP contribution in [0.4, 0.5) is 10.5 Å². The molecule has 2 amide bonds. The number of rotatable bonds is 5. The summed E-state index contributed by atoms with van der Waals surface area (Å²) in [5.41, 5.74) is 0.773. The number of carbonyl (C=O) groups is 1. The van der Waals surface area contributed by atoms with Crippen LogP contribution in [0.25, 0.3) is 0 Å². The molecule has 0 saturated carbocycles. The predicted octanol–water partition coefficient (Wildman–Crippen LogP) is 1.26. The first-order chi connectivity index (χ1) is 9.29. The molecule has 1 unspecified atom stereocenters. The molecule has 0 aromatic heterocycles. The summed E-state index contributed by atoms with van der Waals surface area (Å²) < 4.78 is 0. The molecule has 5 heteroatoms. The quantitative estimate of drug-likeness (QED) is 0.749. The maximum atomic E-state index is 12.2. The second-order valence-corrected chi connectivity index (χ2v) is 4.76. The zero-order chi connectivity index (χ0) is 13.5. The smallest absolute Gasteiger partial charge is 0.321 e. The molecule has 0 bridgehead atoms. The molecule has 104 valence electrons. The summed E-state index contributed by atoms with van der Waals surface area (Å²) in [7, 11) is 0. The Balaban J connectivity index is 1.91. The van der Waals surface area contributed by atoms with Gasteiger partial charge in [-0.2, -0.15) is 0 Å². The van der Waals surface area contributed by atoms with E-state index >= 15 is 0 Å². The van der Waals surface area contributed by atoms with Crippen LogP contribution in [0.5, 0.6) is 0 Å². The van der Waals surface area contributed by atoms with Crippen molar-refractivity contribution in [1.82, 2.24) is 10.2 Å². The van der Waals surface area contributed by atoms with Crippen molar-refractivity contribution in [2.75, 3.05) is 31.6 Å². The van der Waals surface area contributed by atoms with E-state index in [-0.39, 0.29) is 12.6 Å². The van der Waals surface area contributed by atoms with Crippen molar-refractivity contribution in [2.24, 2.45) is 0 Å². The Morgan fingerprint density at radius 3 is 2.84 bits per heavy atom. The SMILES string of the molecule is O=C(Nc1ccccc1)N(CCO)CC1CCCN1. The van der Waals surface area contributed by atoms with Crippen molar-refractivity contribution in [3.63, 3.8) is 0 Å². The number of urea groups is 1. The third-order valence-corrected chi connectivity index (χ3v) is 3.29. The fourth-order valence-electron chi connectivity index (χ4n) is 2.30. The van der Waals surface area contributed by atoms with Crippen molar-refractivity contribution in [1.29, 1.82) is 0 Å². The van der Waals surface area contributed by atoms with E-state index in [1.54, 1.807) is 4.90 Å². The predicted molar refractivity (Wildman–Crippen MR) is 75.1 cm³/mol. The van der Waals surface area contributed by atoms with E-state index in [0.717, 1.165) is 25.1 Å². The number of aliphatic hydroxyl groups is 1. The van der Waals surface area contributed by atoms with Gasteiger partial charge in [-0.25, -0.2) is 4.79 Å². The van der Waals surface area contributed by atoms with Gasteiger partial charge in [-0.3, -0.25) is 0 Å². The highest BCUT2D eigenvalue weighted by atomic mass is 16.3. The third kappa shape index (κ3) is 4.22. The van der Waals surface area contributed by atoms with Crippen LogP contribution in [0.1, 0.15) is 12.8 Å². The Bertz CT molecular complexity index is 391. The molecule has 1 fully saturated rings. The van der Waals surface area contributed by atoms with Gasteiger partial charge in [-0.1, -0.05) is 18.2 Å². The first kappa shape index (κ1) is 13.8. The number of hydrogen-bond acceptors (Lipinski definition) is 3. The summed E-state index contributed by atoms with van der Waals surface area (Å²) in [4.78, 5) is 13.8. The van der Waals surface area contributed by atoms with Crippen LogP contribution in [0.3, 0.4) is 0 Å². The lowest BCUT2D eigenvalue weighted by Crippen LogP contribution is -2.44. The average molecular weight is 263 g/mol. The maximum absolute atomic E-state index is 12.2. The number of hydrogen-bond donors (Lipinski definition) is 3. The van der Waals surface area contributed by atoms with Crippen LogP contribution in [0.2, 0.25) is 0 Å². The van der Waals surface area contributed by atoms with Crippen molar-refractivity contribution < 1.29 is 9.90 Å². The number of amides is 2. The normalized spacial score (nSPS) is 18.3. The molecule has 1 atom stereocenters. The van der Waals surface area contributed by atoms with E-state index in [1.165, 1.54) is 0 Å². The number of anilines is 1. The molecule has 5 nitrogen and oxygen atoms in total. The van der Waals surface area contributed by atoms with E-state index in [1.807, 2.05) is 30.3 Å². The van der Waals surface area contributed by atoms with E-state index in [2.05, 4.69) is 10.6 Å². The first-order valence-corrected chi connectivity index (χ1v) is 6.75. The minimum Gasteiger partial charge on any atom is -0.395 e. The molecule has 0 radical (unpaired) electrons. The van der Waals surface area contributed by atoms with Gasteiger partial charge in [-0.15, -0.1) is 0 Å². The molecule has 1 saturated heterocycles. The molecule has 2 rings (SSSR count). The molecule has 1 aromatic carbocycles. The molecule has 1 aromatic rings. The molecule has 1 aliphatic rings. The number of aliphatic hydroxyl groups excluding tert-OH is 1. The number of benzene rings is 1. The molecule has 0 aliphatic carbocycles. The molecule has 1 heterocycles. The van der Waals surface area contributed by atoms with Gasteiger partial charge in [0.05, 0.1) is 6.61 Å². The monoisotopic (exact) mass is 263 g/mol. The summed E-state index contributed by atoms with van der Waals surface area (Å²) in [5.74, 6) is 0. The van der Waals surface area contributed by atoms with Crippen LogP contribution in [-0.4, -0.2) is 48.3 Å². The molecular weight excluding hydrogens is 242 g/mol. The summed E-state index contributed by atoms with van der Waals surface area (Å²) in [5, 5.41) is 15.3. The van der Waals surface area contributed by atoms with Gasteiger partial charge in [0.25, 0.3) is 0 Å². The van der Waals surface area contributed by atoms with Gasteiger partial charge in [0, 0.05) is 24.8 Å². The van der Waals surface area contributed by atoms with Crippen LogP contribution in [-0.2, 0) is 0 Å². The van der Waals surface area contributed by atoms with Crippen molar-refractivity contribution in [2.45, 2.75) is 18.9 Å². The standard InChI is InChI=1S/C14H21N3O2/c18-10-9-17(11-13-7-4-8-15-13)14(19)16-12-5-2-1-3-6-12/h1-3,5-6,13,15,18H,4,7-11H2,(H,16,19). The Hall–Kier alpha value is -1.59. The van der Waals surface area contributed by atoms with E-state index < -0.39 is 0 Å². The Morgan fingerprint density at radius 1 is 1.42 bits per heavy atom. The highest BCUT2D eigenvalue weighted by molar-refractivity contribution is 5.89. The highest BCUT2D eigenvalue weighted by Crippen LogP contribution is 2.10. The fourth-order valence-corrected chi connectivity index (χ4v) is 2.30. The topological polar surface area (TPSA) is 64.6 Å². The number of nitrogens with zero attached hydrogens (tertiary/aromatic N) is 1. The molecule has 19 heavy (non-hydrogen) atoms. The summed E-state index contributed by atoms with van der Waals surface area (Å²) in [6.07, 6.45) is 2.23. The summed E-state index contributed by atoms with van der Waals surface area (Å²) >= 11 is 0. The number of nitrogens with one attached hydrogen (secondary N) is 2. The van der Waals surface area contributed by atoms with Crippen molar-refractivity contribution in [3.8, 4) is 0 Å². The highest BCUT2D eigenvalue weighted by Gasteiger charge is 2.21. The zero-order valence-corrected chi connectivity index (χ0v) is 11.0. The van der Waals surface area contributed by atoms with Gasteiger partial charge < -0.3 is 20.6 Å². The van der Waals surface area contributed by atoms with Gasteiger partial charge in [0.15, 0.2) is 0 Å². The van der Waals surface area contributed by atoms with Crippen LogP contribution < -0.4 is 10.6 Å². The van der Waals surface area contributed by atoms with E-state index in [4.69, 9.17) is 5.11 Å². The van der Waals surface area contributed by atoms with Crippen LogP contribution in [0, 0.1) is 0 Å². The van der Waals surface area contributed by atoms with Gasteiger partial charge in [0.2, 0.25) is 0 Å². The van der Waals surface area contributed by atoms with E-state index in [9.17, 15) is 4.79 Å². The lowest BCUT2D eigenvalue weighted by Gasteiger charge is -2.25. The number of carbonyl (C=O) groups excluding carboxylic acids is 1. The minimum absolute atomic E-state index is 0.0189. The summed E-state index contributed by atoms with van der Waals surface area (Å²) in [6.45, 7) is 1.99. The van der Waals surface area contributed by atoms with Crippen molar-refractivity contribution >= 4 is 11.7 Å². The lowest BCUT2D eigenvalue weighted by molar-refractivity contribution is 0.182. The molecular formula is C14H21N3O2. The largest absolute Gasteiger partial charge is 0.395 e. The molecule has 3 N–H and O–H groups in total. The Labute approximate surface area is 113 Å². The van der Waals surface area contributed by atoms with E-state index in [0.29, 0.717) is 19.1 Å². The lowest BCUT2D eigenvalue weighted by atomic mass is 10.2. The number of para-hydroxylation sites is 1. The van der Waals surface area contributed by atoms with Gasteiger partial charge in [-0.05, 0) is 31.5 Å². The van der Waals surface area contributed by atoms with Crippen LogP contribution in [0.15, 0.2) is 30.3 Å². The van der Waals surface area contributed by atoms with Gasteiger partial charge in [0.1, 0.15) is 0 Å². The third-order valence-electron chi connectivity index (χ3n) is 3.29. The zero-order valence-electron chi connectivity index (χ0n) is 11.0.